The fourth-order valence-corrected chi connectivity index (χ4v) is 6.23. The van der Waals surface area contributed by atoms with Crippen LogP contribution in [0.4, 0.5) is 0 Å². The number of methoxy groups -OCH3 is 1. The van der Waals surface area contributed by atoms with Gasteiger partial charge < -0.3 is 19.1 Å². The minimum atomic E-state index is -0.00663. The molecular weight excluding hydrogens is 504 g/mol. The molecule has 182 valence electrons. The molecular formula is C29H31BrN2O3. The van der Waals surface area contributed by atoms with Crippen LogP contribution in [0.5, 0.6) is 11.5 Å². The van der Waals surface area contributed by atoms with E-state index in [2.05, 4.69) is 61.8 Å². The van der Waals surface area contributed by atoms with Crippen LogP contribution >= 0.6 is 15.9 Å². The molecule has 0 saturated carbocycles. The van der Waals surface area contributed by atoms with Crippen molar-refractivity contribution in [1.29, 1.82) is 0 Å². The molecule has 3 aromatic carbocycles. The first-order valence-electron chi connectivity index (χ1n) is 11.7. The van der Waals surface area contributed by atoms with E-state index in [4.69, 9.17) is 9.47 Å². The van der Waals surface area contributed by atoms with Crippen molar-refractivity contribution in [3.05, 3.63) is 93.1 Å². The molecule has 35 heavy (non-hydrogen) atoms. The maximum absolute atomic E-state index is 10.2. The smallest absolute Gasteiger partial charge is 0.161 e. The fraction of sp³-hybridized carbons (Fsp3) is 0.310. The van der Waals surface area contributed by atoms with Gasteiger partial charge in [-0.25, -0.2) is 0 Å². The van der Waals surface area contributed by atoms with Crippen LogP contribution in [0.3, 0.4) is 0 Å². The van der Waals surface area contributed by atoms with E-state index in [-0.39, 0.29) is 20.2 Å². The Bertz CT molecular complexity index is 1370. The van der Waals surface area contributed by atoms with Crippen molar-refractivity contribution in [3.8, 4) is 11.5 Å². The molecule has 1 aromatic heterocycles. The molecule has 0 radical (unpaired) electrons. The predicted molar refractivity (Wildman–Crippen MR) is 143 cm³/mol. The minimum absolute atomic E-state index is 0. The standard InChI is InChI=1S/C28H27BrN2O3.CH4/c1-33-26-14-20-19(12-27(26)34-16-18-6-3-2-4-7-18)10-11-30-15-25-21(13-24(20)30)28-22(29)8-5-9-23(28)31(25)17-32;/h2-9,12,14,24,32H,10-11,13,15-17H2,1H3;1H4. The van der Waals surface area contributed by atoms with E-state index >= 15 is 0 Å². The summed E-state index contributed by atoms with van der Waals surface area (Å²) in [5, 5.41) is 11.4. The van der Waals surface area contributed by atoms with Crippen molar-refractivity contribution in [1.82, 2.24) is 9.47 Å². The molecule has 0 amide bonds. The average molecular weight is 535 g/mol. The molecule has 2 aliphatic heterocycles. The second-order valence-electron chi connectivity index (χ2n) is 9.05. The van der Waals surface area contributed by atoms with Crippen molar-refractivity contribution in [2.75, 3.05) is 13.7 Å². The number of nitrogens with zero attached hydrogens (tertiary/aromatic N) is 2. The lowest BCUT2D eigenvalue weighted by Crippen LogP contribution is -2.39. The summed E-state index contributed by atoms with van der Waals surface area (Å²) >= 11 is 3.76. The highest BCUT2D eigenvalue weighted by Gasteiger charge is 2.36. The van der Waals surface area contributed by atoms with Gasteiger partial charge in [0.25, 0.3) is 0 Å². The van der Waals surface area contributed by atoms with Gasteiger partial charge in [-0.05, 0) is 59.4 Å². The maximum Gasteiger partial charge on any atom is 0.161 e. The van der Waals surface area contributed by atoms with Gasteiger partial charge >= 0.3 is 0 Å². The molecule has 3 heterocycles. The summed E-state index contributed by atoms with van der Waals surface area (Å²) < 4.78 is 15.1. The van der Waals surface area contributed by atoms with Gasteiger partial charge in [0.15, 0.2) is 11.5 Å². The lowest BCUT2D eigenvalue weighted by Gasteiger charge is -2.41. The average Bonchev–Trinajstić information content (AvgIpc) is 3.19. The van der Waals surface area contributed by atoms with Crippen LogP contribution in [0.15, 0.2) is 65.1 Å². The molecule has 4 aromatic rings. The third kappa shape index (κ3) is 4.03. The highest BCUT2D eigenvalue weighted by molar-refractivity contribution is 9.10. The number of aromatic nitrogens is 1. The van der Waals surface area contributed by atoms with E-state index in [0.717, 1.165) is 53.0 Å². The Balaban J connectivity index is 0.00000253. The lowest BCUT2D eigenvalue weighted by molar-refractivity contribution is 0.145. The van der Waals surface area contributed by atoms with Crippen molar-refractivity contribution in [3.63, 3.8) is 0 Å². The van der Waals surface area contributed by atoms with Gasteiger partial charge in [-0.1, -0.05) is 59.8 Å². The van der Waals surface area contributed by atoms with E-state index in [0.29, 0.717) is 6.61 Å². The third-order valence-electron chi connectivity index (χ3n) is 7.28. The van der Waals surface area contributed by atoms with Gasteiger partial charge in [0.2, 0.25) is 0 Å². The summed E-state index contributed by atoms with van der Waals surface area (Å²) in [4.78, 5) is 2.54. The highest BCUT2D eigenvalue weighted by atomic mass is 79.9. The van der Waals surface area contributed by atoms with Crippen LogP contribution in [-0.2, 0) is 32.7 Å². The molecule has 0 aliphatic carbocycles. The first-order valence-corrected chi connectivity index (χ1v) is 12.5. The fourth-order valence-electron chi connectivity index (χ4n) is 5.63. The summed E-state index contributed by atoms with van der Waals surface area (Å²) in [7, 11) is 1.71. The Labute approximate surface area is 215 Å². The van der Waals surface area contributed by atoms with Crippen molar-refractivity contribution in [2.45, 2.75) is 46.2 Å². The zero-order valence-electron chi connectivity index (χ0n) is 19.1. The van der Waals surface area contributed by atoms with Crippen LogP contribution in [-0.4, -0.2) is 28.2 Å². The first kappa shape index (κ1) is 23.9. The van der Waals surface area contributed by atoms with Crippen molar-refractivity contribution < 1.29 is 14.6 Å². The molecule has 0 spiro atoms. The summed E-state index contributed by atoms with van der Waals surface area (Å²) in [5.74, 6) is 1.58. The van der Waals surface area contributed by atoms with E-state index in [1.54, 1.807) is 7.11 Å². The number of aliphatic hydroxyl groups excluding tert-OH is 1. The number of benzene rings is 3. The summed E-state index contributed by atoms with van der Waals surface area (Å²) in [6, 6.07) is 21.1. The Hall–Kier alpha value is -2.80. The molecule has 2 aliphatic rings. The highest BCUT2D eigenvalue weighted by Crippen LogP contribution is 2.45. The summed E-state index contributed by atoms with van der Waals surface area (Å²) in [5.41, 5.74) is 7.42. The molecule has 0 bridgehead atoms. The molecule has 1 unspecified atom stereocenters. The van der Waals surface area contributed by atoms with Crippen LogP contribution in [0.1, 0.15) is 41.4 Å². The molecule has 0 saturated heterocycles. The minimum Gasteiger partial charge on any atom is -0.493 e. The Morgan fingerprint density at radius 2 is 1.89 bits per heavy atom. The van der Waals surface area contributed by atoms with Gasteiger partial charge in [-0.15, -0.1) is 0 Å². The van der Waals surface area contributed by atoms with Crippen LogP contribution in [0, 0.1) is 0 Å². The summed E-state index contributed by atoms with van der Waals surface area (Å²) in [6.07, 6.45) is 1.87. The molecule has 6 heteroatoms. The van der Waals surface area contributed by atoms with Crippen LogP contribution < -0.4 is 9.47 Å². The Kier molecular flexibility index (Phi) is 6.62. The van der Waals surface area contributed by atoms with Gasteiger partial charge in [0.1, 0.15) is 13.3 Å². The van der Waals surface area contributed by atoms with Crippen molar-refractivity contribution in [2.24, 2.45) is 0 Å². The van der Waals surface area contributed by atoms with Gasteiger partial charge in [-0.3, -0.25) is 4.90 Å². The molecule has 6 rings (SSSR count). The van der Waals surface area contributed by atoms with E-state index in [1.165, 1.54) is 27.8 Å². The second-order valence-corrected chi connectivity index (χ2v) is 9.90. The van der Waals surface area contributed by atoms with E-state index in [1.807, 2.05) is 24.3 Å². The zero-order valence-corrected chi connectivity index (χ0v) is 20.7. The number of ether oxygens (including phenoxy) is 2. The molecule has 1 N–H and O–H groups in total. The van der Waals surface area contributed by atoms with E-state index in [9.17, 15) is 5.11 Å². The second kappa shape index (κ2) is 9.69. The van der Waals surface area contributed by atoms with Gasteiger partial charge in [0.05, 0.1) is 12.6 Å². The maximum atomic E-state index is 10.2. The van der Waals surface area contributed by atoms with Crippen molar-refractivity contribution >= 4 is 26.8 Å². The number of hydrogen-bond acceptors (Lipinski definition) is 4. The topological polar surface area (TPSA) is 46.9 Å². The van der Waals surface area contributed by atoms with E-state index < -0.39 is 0 Å². The van der Waals surface area contributed by atoms with Gasteiger partial charge in [-0.2, -0.15) is 0 Å². The van der Waals surface area contributed by atoms with Gasteiger partial charge in [0, 0.05) is 34.7 Å². The SMILES string of the molecule is C.COc1cc2c(cc1OCc1ccccc1)CCN1Cc3c(c4c(Br)cccc4n3CO)CC21. The first-order chi connectivity index (χ1) is 16.7. The number of rotatable bonds is 5. The molecule has 1 atom stereocenters. The third-order valence-corrected chi connectivity index (χ3v) is 7.94. The largest absolute Gasteiger partial charge is 0.493 e. The molecule has 5 nitrogen and oxygen atoms in total. The zero-order chi connectivity index (χ0) is 23.2. The number of halogens is 1. The Morgan fingerprint density at radius 3 is 2.66 bits per heavy atom. The molecule has 0 fully saturated rings. The number of hydrogen-bond donors (Lipinski definition) is 1. The Morgan fingerprint density at radius 1 is 1.06 bits per heavy atom. The van der Waals surface area contributed by atoms with Crippen LogP contribution in [0.25, 0.3) is 10.9 Å². The number of fused-ring (bicyclic) bond motifs is 6. The van der Waals surface area contributed by atoms with Crippen LogP contribution in [0.2, 0.25) is 0 Å². The number of aliphatic hydroxyl groups is 1. The predicted octanol–water partition coefficient (Wildman–Crippen LogP) is 6.23. The lowest BCUT2D eigenvalue weighted by atomic mass is 9.85. The normalized spacial score (nSPS) is 16.7. The summed E-state index contributed by atoms with van der Waals surface area (Å²) in [6.45, 7) is 2.32. The monoisotopic (exact) mass is 534 g/mol. The quantitative estimate of drug-likeness (QED) is 0.329.